The zero-order valence-electron chi connectivity index (χ0n) is 22.5. The molecule has 0 aliphatic rings. The molecule has 0 N–H and O–H groups in total. The van der Waals surface area contributed by atoms with Gasteiger partial charge in [-0.1, -0.05) is 128 Å². The second kappa shape index (κ2) is 9.07. The van der Waals surface area contributed by atoms with E-state index in [1.165, 1.54) is 81.7 Å². The van der Waals surface area contributed by atoms with Crippen LogP contribution in [0.2, 0.25) is 0 Å². The largest absolute Gasteiger partial charge is 0.0616 e. The second-order valence-corrected chi connectivity index (χ2v) is 10.8. The third-order valence-electron chi connectivity index (χ3n) is 8.58. The molecule has 8 rings (SSSR count). The van der Waals surface area contributed by atoms with E-state index in [0.717, 1.165) is 6.42 Å². The first-order chi connectivity index (χ1) is 19.8. The molecular weight excluding hydrogens is 480 g/mol. The molecule has 0 heteroatoms. The molecule has 0 aliphatic carbocycles. The summed E-state index contributed by atoms with van der Waals surface area (Å²) in [5.41, 5.74) is 6.55. The minimum Gasteiger partial charge on any atom is -0.0616 e. The Hall–Kier alpha value is -4.94. The van der Waals surface area contributed by atoms with Crippen molar-refractivity contribution in [1.29, 1.82) is 0 Å². The van der Waals surface area contributed by atoms with Gasteiger partial charge < -0.3 is 0 Å². The van der Waals surface area contributed by atoms with Gasteiger partial charge in [0.1, 0.15) is 0 Å². The van der Waals surface area contributed by atoms with Crippen LogP contribution in [0.1, 0.15) is 12.5 Å². The minimum absolute atomic E-state index is 1.05. The van der Waals surface area contributed by atoms with E-state index in [9.17, 15) is 0 Å². The third-order valence-corrected chi connectivity index (χ3v) is 8.58. The highest BCUT2D eigenvalue weighted by Gasteiger charge is 2.19. The van der Waals surface area contributed by atoms with Gasteiger partial charge in [-0.05, 0) is 106 Å². The standard InChI is InChI=1S/C40H28/c1-2-26-19-21-27(22-20-26)39-33-15-7-9-17-35(33)40(36-18-10-8-16-34(36)39)38-25-30-23-28-11-3-4-12-29(28)24-37(30)31-13-5-6-14-32(31)38/h3-25H,2H2,1H3. The Morgan fingerprint density at radius 3 is 1.48 bits per heavy atom. The minimum atomic E-state index is 1.05. The van der Waals surface area contributed by atoms with E-state index in [1.54, 1.807) is 0 Å². The zero-order chi connectivity index (χ0) is 26.6. The lowest BCUT2D eigenvalue weighted by Gasteiger charge is -2.20. The number of fused-ring (bicyclic) bond motifs is 6. The van der Waals surface area contributed by atoms with Gasteiger partial charge in [-0.2, -0.15) is 0 Å². The van der Waals surface area contributed by atoms with Gasteiger partial charge in [0.25, 0.3) is 0 Å². The van der Waals surface area contributed by atoms with E-state index in [1.807, 2.05) is 0 Å². The van der Waals surface area contributed by atoms with Crippen LogP contribution in [0.4, 0.5) is 0 Å². The molecule has 0 unspecified atom stereocenters. The predicted molar refractivity (Wildman–Crippen MR) is 174 cm³/mol. The molecule has 0 radical (unpaired) electrons. The molecule has 8 aromatic carbocycles. The monoisotopic (exact) mass is 508 g/mol. The molecule has 0 saturated carbocycles. The molecular formula is C40H28. The maximum absolute atomic E-state index is 2.42. The van der Waals surface area contributed by atoms with Crippen molar-refractivity contribution in [3.63, 3.8) is 0 Å². The van der Waals surface area contributed by atoms with Crippen molar-refractivity contribution in [3.8, 4) is 22.3 Å². The molecule has 8 aromatic rings. The van der Waals surface area contributed by atoms with Gasteiger partial charge in [-0.3, -0.25) is 0 Å². The number of benzene rings is 8. The van der Waals surface area contributed by atoms with Crippen LogP contribution >= 0.6 is 0 Å². The molecule has 40 heavy (non-hydrogen) atoms. The number of aryl methyl sites for hydroxylation is 1. The zero-order valence-corrected chi connectivity index (χ0v) is 22.5. The van der Waals surface area contributed by atoms with Gasteiger partial charge in [0.05, 0.1) is 0 Å². The molecule has 0 aliphatic heterocycles. The summed E-state index contributed by atoms with van der Waals surface area (Å²) in [7, 11) is 0. The van der Waals surface area contributed by atoms with Crippen LogP contribution in [-0.4, -0.2) is 0 Å². The van der Waals surface area contributed by atoms with Crippen molar-refractivity contribution in [3.05, 3.63) is 145 Å². The molecule has 0 saturated heterocycles. The van der Waals surface area contributed by atoms with Crippen LogP contribution < -0.4 is 0 Å². The predicted octanol–water partition coefficient (Wildman–Crippen LogP) is 11.3. The SMILES string of the molecule is CCc1ccc(-c2c3ccccc3c(-c3cc4cc5ccccc5cc4c4ccccc34)c3ccccc23)cc1. The van der Waals surface area contributed by atoms with Crippen LogP contribution in [0.5, 0.6) is 0 Å². The molecule has 0 fully saturated rings. The summed E-state index contributed by atoms with van der Waals surface area (Å²) in [5.74, 6) is 0. The fraction of sp³-hybridized carbons (Fsp3) is 0.0500. The van der Waals surface area contributed by atoms with E-state index < -0.39 is 0 Å². The van der Waals surface area contributed by atoms with Crippen molar-refractivity contribution in [1.82, 2.24) is 0 Å². The first kappa shape index (κ1) is 23.0. The lowest BCUT2D eigenvalue weighted by Crippen LogP contribution is -1.92. The van der Waals surface area contributed by atoms with E-state index in [2.05, 4.69) is 146 Å². The van der Waals surface area contributed by atoms with Crippen molar-refractivity contribution < 1.29 is 0 Å². The maximum atomic E-state index is 2.42. The summed E-state index contributed by atoms with van der Waals surface area (Å²) in [6.07, 6.45) is 1.05. The smallest absolute Gasteiger partial charge is 0.00199 e. The van der Waals surface area contributed by atoms with Crippen LogP contribution in [-0.2, 0) is 6.42 Å². The number of hydrogen-bond donors (Lipinski definition) is 0. The molecule has 0 aromatic heterocycles. The fourth-order valence-corrected chi connectivity index (χ4v) is 6.64. The Bertz CT molecular complexity index is 2180. The average Bonchev–Trinajstić information content (AvgIpc) is 3.02. The summed E-state index contributed by atoms with van der Waals surface area (Å²) >= 11 is 0. The Morgan fingerprint density at radius 1 is 0.375 bits per heavy atom. The number of rotatable bonds is 3. The van der Waals surface area contributed by atoms with Crippen LogP contribution in [0.25, 0.3) is 76.1 Å². The Balaban J connectivity index is 1.54. The van der Waals surface area contributed by atoms with Gasteiger partial charge in [0.15, 0.2) is 0 Å². The Kier molecular flexibility index (Phi) is 5.21. The lowest BCUT2D eigenvalue weighted by atomic mass is 9.83. The van der Waals surface area contributed by atoms with Gasteiger partial charge in [0.2, 0.25) is 0 Å². The summed E-state index contributed by atoms with van der Waals surface area (Å²) in [6, 6.07) is 51.8. The van der Waals surface area contributed by atoms with Gasteiger partial charge in [-0.25, -0.2) is 0 Å². The van der Waals surface area contributed by atoms with E-state index in [4.69, 9.17) is 0 Å². The lowest BCUT2D eigenvalue weighted by molar-refractivity contribution is 1.14. The third kappa shape index (κ3) is 3.46. The van der Waals surface area contributed by atoms with E-state index in [0.29, 0.717) is 0 Å². The van der Waals surface area contributed by atoms with Gasteiger partial charge >= 0.3 is 0 Å². The maximum Gasteiger partial charge on any atom is -0.00199 e. The molecule has 0 spiro atoms. The average molecular weight is 509 g/mol. The first-order valence-electron chi connectivity index (χ1n) is 14.2. The van der Waals surface area contributed by atoms with E-state index in [-0.39, 0.29) is 0 Å². The van der Waals surface area contributed by atoms with Crippen molar-refractivity contribution in [2.24, 2.45) is 0 Å². The molecule has 188 valence electrons. The van der Waals surface area contributed by atoms with Crippen LogP contribution in [0, 0.1) is 0 Å². The topological polar surface area (TPSA) is 0 Å². The number of hydrogen-bond acceptors (Lipinski definition) is 0. The fourth-order valence-electron chi connectivity index (χ4n) is 6.64. The highest BCUT2D eigenvalue weighted by molar-refractivity contribution is 6.26. The Morgan fingerprint density at radius 2 is 0.875 bits per heavy atom. The van der Waals surface area contributed by atoms with Crippen molar-refractivity contribution in [2.45, 2.75) is 13.3 Å². The van der Waals surface area contributed by atoms with Gasteiger partial charge in [-0.15, -0.1) is 0 Å². The second-order valence-electron chi connectivity index (χ2n) is 10.8. The van der Waals surface area contributed by atoms with Crippen LogP contribution in [0.3, 0.4) is 0 Å². The highest BCUT2D eigenvalue weighted by atomic mass is 14.2. The summed E-state index contributed by atoms with van der Waals surface area (Å²) in [5, 5.41) is 12.9. The molecule has 0 bridgehead atoms. The summed E-state index contributed by atoms with van der Waals surface area (Å²) in [6.45, 7) is 2.21. The van der Waals surface area contributed by atoms with Gasteiger partial charge in [0, 0.05) is 0 Å². The molecule has 0 nitrogen and oxygen atoms in total. The summed E-state index contributed by atoms with van der Waals surface area (Å²) in [4.78, 5) is 0. The van der Waals surface area contributed by atoms with Crippen molar-refractivity contribution >= 4 is 53.9 Å². The van der Waals surface area contributed by atoms with Crippen LogP contribution in [0.15, 0.2) is 140 Å². The molecule has 0 amide bonds. The highest BCUT2D eigenvalue weighted by Crippen LogP contribution is 2.46. The molecule has 0 atom stereocenters. The molecule has 0 heterocycles. The Labute approximate surface area is 234 Å². The normalized spacial score (nSPS) is 11.7. The van der Waals surface area contributed by atoms with Crippen molar-refractivity contribution in [2.75, 3.05) is 0 Å². The van der Waals surface area contributed by atoms with E-state index >= 15 is 0 Å². The summed E-state index contributed by atoms with van der Waals surface area (Å²) < 4.78 is 0. The quantitative estimate of drug-likeness (QED) is 0.164. The first-order valence-corrected chi connectivity index (χ1v) is 14.2.